The van der Waals surface area contributed by atoms with Crippen molar-refractivity contribution < 1.29 is 0 Å². The first-order chi connectivity index (χ1) is 13.6. The number of aromatic amines is 1. The second-order valence-electron chi connectivity index (χ2n) is 7.40. The van der Waals surface area contributed by atoms with E-state index in [0.29, 0.717) is 24.8 Å². The van der Waals surface area contributed by atoms with Gasteiger partial charge in [0.05, 0.1) is 5.69 Å². The smallest absolute Gasteiger partial charge is 0.274 e. The molecule has 4 rings (SSSR count). The normalized spacial score (nSPS) is 15.9. The minimum Gasteiger partial charge on any atom is -0.351 e. The predicted molar refractivity (Wildman–Crippen MR) is 110 cm³/mol. The van der Waals surface area contributed by atoms with Crippen LogP contribution in [0.5, 0.6) is 0 Å². The highest BCUT2D eigenvalue weighted by Crippen LogP contribution is 2.09. The van der Waals surface area contributed by atoms with E-state index < -0.39 is 0 Å². The zero-order chi connectivity index (χ0) is 19.5. The van der Waals surface area contributed by atoms with E-state index in [4.69, 9.17) is 0 Å². The molecule has 2 N–H and O–H groups in total. The van der Waals surface area contributed by atoms with Crippen molar-refractivity contribution in [3.8, 4) is 0 Å². The average molecular weight is 381 g/mol. The van der Waals surface area contributed by atoms with E-state index in [1.165, 1.54) is 10.1 Å². The molecular weight excluding hydrogens is 354 g/mol. The second kappa shape index (κ2) is 8.12. The fraction of sp³-hybridized carbons (Fsp3) is 0.450. The van der Waals surface area contributed by atoms with Crippen LogP contribution < -0.4 is 10.9 Å². The molecule has 3 heterocycles. The highest BCUT2D eigenvalue weighted by atomic mass is 16.1. The summed E-state index contributed by atoms with van der Waals surface area (Å²) in [5, 5.41) is 6.23. The largest absolute Gasteiger partial charge is 0.351 e. The van der Waals surface area contributed by atoms with Crippen molar-refractivity contribution in [2.24, 2.45) is 0 Å². The lowest BCUT2D eigenvalue weighted by molar-refractivity contribution is 0.147. The molecule has 148 valence electrons. The lowest BCUT2D eigenvalue weighted by atomic mass is 10.1. The number of anilines is 1. The molecule has 0 saturated carbocycles. The number of aromatic nitrogens is 4. The number of fused-ring (bicyclic) bond motifs is 1. The van der Waals surface area contributed by atoms with Gasteiger partial charge in [0, 0.05) is 45.3 Å². The monoisotopic (exact) mass is 381 g/mol. The van der Waals surface area contributed by atoms with Crippen LogP contribution in [0.15, 0.2) is 35.1 Å². The number of likely N-dealkylation sites (N-methyl/N-ethyl adjacent to an activating group) is 1. The molecule has 0 atom stereocenters. The Kier molecular flexibility index (Phi) is 5.40. The molecule has 2 aromatic heterocycles. The van der Waals surface area contributed by atoms with Crippen molar-refractivity contribution in [1.29, 1.82) is 0 Å². The van der Waals surface area contributed by atoms with Gasteiger partial charge in [0.15, 0.2) is 0 Å². The highest BCUT2D eigenvalue weighted by molar-refractivity contribution is 5.38. The lowest BCUT2D eigenvalue weighted by Gasteiger charge is -2.31. The number of hydrogen-bond acceptors (Lipinski definition) is 6. The summed E-state index contributed by atoms with van der Waals surface area (Å²) in [6, 6.07) is 10.1. The SMILES string of the molecule is CCc1ccc(CNc2nc3nc(CN4CCN(C)CC4)cc(=O)n3[nH]2)cc1. The molecule has 0 bridgehead atoms. The van der Waals surface area contributed by atoms with Crippen LogP contribution in [0.2, 0.25) is 0 Å². The van der Waals surface area contributed by atoms with E-state index in [1.54, 1.807) is 6.07 Å². The molecule has 28 heavy (non-hydrogen) atoms. The Labute approximate surface area is 164 Å². The first-order valence-corrected chi connectivity index (χ1v) is 9.82. The maximum Gasteiger partial charge on any atom is 0.274 e. The van der Waals surface area contributed by atoms with E-state index in [9.17, 15) is 4.79 Å². The molecule has 0 unspecified atom stereocenters. The number of H-pyrrole nitrogens is 1. The maximum absolute atomic E-state index is 12.4. The summed E-state index contributed by atoms with van der Waals surface area (Å²) in [5.74, 6) is 0.946. The lowest BCUT2D eigenvalue weighted by Crippen LogP contribution is -2.44. The first-order valence-electron chi connectivity index (χ1n) is 9.82. The molecule has 0 aliphatic carbocycles. The van der Waals surface area contributed by atoms with E-state index in [2.05, 4.69) is 68.4 Å². The Balaban J connectivity index is 1.45. The number of nitrogens with zero attached hydrogens (tertiary/aromatic N) is 5. The number of benzene rings is 1. The Bertz CT molecular complexity index is 984. The zero-order valence-electron chi connectivity index (χ0n) is 16.5. The number of aryl methyl sites for hydroxylation is 1. The first kappa shape index (κ1) is 18.6. The molecule has 0 spiro atoms. The molecule has 0 amide bonds. The van der Waals surface area contributed by atoms with Gasteiger partial charge in [0.1, 0.15) is 0 Å². The second-order valence-corrected chi connectivity index (χ2v) is 7.40. The fourth-order valence-electron chi connectivity index (χ4n) is 3.40. The van der Waals surface area contributed by atoms with Crippen molar-refractivity contribution in [2.45, 2.75) is 26.4 Å². The molecule has 0 radical (unpaired) electrons. The summed E-state index contributed by atoms with van der Waals surface area (Å²) in [7, 11) is 2.13. The number of hydrogen-bond donors (Lipinski definition) is 2. The van der Waals surface area contributed by atoms with Gasteiger partial charge in [-0.2, -0.15) is 9.50 Å². The summed E-state index contributed by atoms with van der Waals surface area (Å²) in [5.41, 5.74) is 3.11. The van der Waals surface area contributed by atoms with Crippen LogP contribution in [-0.4, -0.2) is 62.6 Å². The topological polar surface area (TPSA) is 81.6 Å². The molecule has 1 aliphatic heterocycles. The molecule has 1 aromatic carbocycles. The van der Waals surface area contributed by atoms with E-state index in [0.717, 1.165) is 43.9 Å². The van der Waals surface area contributed by atoms with Crippen LogP contribution in [0.25, 0.3) is 5.78 Å². The van der Waals surface area contributed by atoms with Crippen molar-refractivity contribution in [2.75, 3.05) is 38.5 Å². The quantitative estimate of drug-likeness (QED) is 0.671. The van der Waals surface area contributed by atoms with Gasteiger partial charge in [-0.15, -0.1) is 0 Å². The Hall–Kier alpha value is -2.71. The van der Waals surface area contributed by atoms with Crippen LogP contribution in [-0.2, 0) is 19.5 Å². The molecule has 8 nitrogen and oxygen atoms in total. The van der Waals surface area contributed by atoms with Crippen molar-refractivity contribution in [3.05, 3.63) is 57.5 Å². The number of rotatable bonds is 6. The Morgan fingerprint density at radius 1 is 1.07 bits per heavy atom. The van der Waals surface area contributed by atoms with Crippen molar-refractivity contribution in [3.63, 3.8) is 0 Å². The van der Waals surface area contributed by atoms with Gasteiger partial charge in [-0.05, 0) is 24.6 Å². The van der Waals surface area contributed by atoms with Gasteiger partial charge in [-0.3, -0.25) is 14.8 Å². The van der Waals surface area contributed by atoms with Crippen LogP contribution in [0, 0.1) is 0 Å². The van der Waals surface area contributed by atoms with Crippen LogP contribution in [0.1, 0.15) is 23.7 Å². The average Bonchev–Trinajstić information content (AvgIpc) is 3.12. The van der Waals surface area contributed by atoms with Crippen molar-refractivity contribution >= 4 is 11.7 Å². The maximum atomic E-state index is 12.4. The molecule has 3 aromatic rings. The van der Waals surface area contributed by atoms with E-state index in [-0.39, 0.29) is 5.56 Å². The van der Waals surface area contributed by atoms with E-state index in [1.807, 2.05) is 0 Å². The molecule has 8 heteroatoms. The standard InChI is InChI=1S/C20H27N7O/c1-3-15-4-6-16(7-5-15)13-21-19-23-20-22-17(12-18(28)27(20)24-19)14-26-10-8-25(2)9-11-26/h4-7,12H,3,8-11,13-14H2,1-2H3,(H2,21,22,23,24). The Morgan fingerprint density at radius 3 is 2.50 bits per heavy atom. The summed E-state index contributed by atoms with van der Waals surface area (Å²) in [4.78, 5) is 26.1. The minimum atomic E-state index is -0.137. The van der Waals surface area contributed by atoms with Gasteiger partial charge in [-0.1, -0.05) is 31.2 Å². The predicted octanol–water partition coefficient (Wildman–Crippen LogP) is 1.34. The minimum absolute atomic E-state index is 0.137. The summed E-state index contributed by atoms with van der Waals surface area (Å²) in [6.45, 7) is 7.51. The third-order valence-corrected chi connectivity index (χ3v) is 5.26. The fourth-order valence-corrected chi connectivity index (χ4v) is 3.40. The highest BCUT2D eigenvalue weighted by Gasteiger charge is 2.16. The van der Waals surface area contributed by atoms with Crippen LogP contribution in [0.4, 0.5) is 5.95 Å². The summed E-state index contributed by atoms with van der Waals surface area (Å²) < 4.78 is 1.38. The summed E-state index contributed by atoms with van der Waals surface area (Å²) >= 11 is 0. The van der Waals surface area contributed by atoms with Gasteiger partial charge in [-0.25, -0.2) is 4.98 Å². The van der Waals surface area contributed by atoms with Crippen LogP contribution >= 0.6 is 0 Å². The Morgan fingerprint density at radius 2 is 1.79 bits per heavy atom. The van der Waals surface area contributed by atoms with Gasteiger partial charge >= 0.3 is 0 Å². The third kappa shape index (κ3) is 4.23. The summed E-state index contributed by atoms with van der Waals surface area (Å²) in [6.07, 6.45) is 1.03. The van der Waals surface area contributed by atoms with Crippen LogP contribution in [0.3, 0.4) is 0 Å². The van der Waals surface area contributed by atoms with Gasteiger partial charge < -0.3 is 10.2 Å². The number of nitrogens with one attached hydrogen (secondary N) is 2. The van der Waals surface area contributed by atoms with Gasteiger partial charge in [0.25, 0.3) is 11.3 Å². The molecule has 1 saturated heterocycles. The van der Waals surface area contributed by atoms with Crippen molar-refractivity contribution in [1.82, 2.24) is 29.4 Å². The molecule has 1 aliphatic rings. The number of piperazine rings is 1. The third-order valence-electron chi connectivity index (χ3n) is 5.26. The zero-order valence-corrected chi connectivity index (χ0v) is 16.5. The molecular formula is C20H27N7O. The molecule has 1 fully saturated rings. The van der Waals surface area contributed by atoms with Gasteiger partial charge in [0.2, 0.25) is 5.95 Å². The van der Waals surface area contributed by atoms with E-state index >= 15 is 0 Å².